The summed E-state index contributed by atoms with van der Waals surface area (Å²) in [6.45, 7) is 1.11. The largest absolute Gasteiger partial charge is 0.341 e. The summed E-state index contributed by atoms with van der Waals surface area (Å²) in [5, 5.41) is 11.9. The molecule has 3 fully saturated rings. The van der Waals surface area contributed by atoms with Crippen LogP contribution in [0, 0.1) is 29.0 Å². The highest BCUT2D eigenvalue weighted by Gasteiger charge is 2.37. The first-order valence-electron chi connectivity index (χ1n) is 14.2. The summed E-state index contributed by atoms with van der Waals surface area (Å²) >= 11 is 0. The van der Waals surface area contributed by atoms with Crippen LogP contribution in [-0.4, -0.2) is 54.1 Å². The Morgan fingerprint density at radius 3 is 2.29 bits per heavy atom. The Morgan fingerprint density at radius 1 is 0.929 bits per heavy atom. The first kappa shape index (κ1) is 27.3. The van der Waals surface area contributed by atoms with Crippen LogP contribution in [0.3, 0.4) is 0 Å². The SMILES string of the molecule is N#Cc1cccc(C(=O)N[C@H]2N=C(c3ccccc3F)c3ccccc3N(CC(=O)N3CC4CCC(CC4)C3)C2=O)c1. The molecule has 1 atom stereocenters. The molecule has 7 rings (SSSR count). The highest BCUT2D eigenvalue weighted by Crippen LogP contribution is 2.34. The number of hydrogen-bond donors (Lipinski definition) is 1. The molecule has 3 amide bonds. The molecule has 3 heterocycles. The van der Waals surface area contributed by atoms with Crippen molar-refractivity contribution in [2.45, 2.75) is 31.8 Å². The number of carbonyl (C=O) groups is 3. The van der Waals surface area contributed by atoms with Crippen molar-refractivity contribution in [1.82, 2.24) is 10.2 Å². The third-order valence-corrected chi connectivity index (χ3v) is 8.43. The molecule has 1 N–H and O–H groups in total. The highest BCUT2D eigenvalue weighted by atomic mass is 19.1. The molecule has 2 saturated heterocycles. The van der Waals surface area contributed by atoms with E-state index in [0.29, 0.717) is 36.2 Å². The molecule has 1 saturated carbocycles. The maximum absolute atomic E-state index is 15.1. The van der Waals surface area contributed by atoms with Crippen molar-refractivity contribution >= 4 is 29.1 Å². The summed E-state index contributed by atoms with van der Waals surface area (Å²) in [5.41, 5.74) is 1.71. The fourth-order valence-electron chi connectivity index (χ4n) is 6.23. The number of nitrogens with zero attached hydrogens (tertiary/aromatic N) is 4. The van der Waals surface area contributed by atoms with E-state index >= 15 is 4.39 Å². The second kappa shape index (κ2) is 11.6. The van der Waals surface area contributed by atoms with Crippen molar-refractivity contribution in [2.75, 3.05) is 24.5 Å². The average molecular weight is 564 g/mol. The molecular weight excluding hydrogens is 533 g/mol. The smallest absolute Gasteiger partial charge is 0.272 e. The molecule has 0 unspecified atom stereocenters. The standard InChI is InChI=1S/C33H30FN5O3/c34-27-10-3-1-8-25(27)30-26-9-2-4-11-28(26)39(20-29(40)38-18-21-12-13-22(19-38)15-14-21)33(42)31(36-30)37-32(41)24-7-5-6-23(16-24)17-35/h1-11,16,21-22,31H,12-15,18-20H2,(H,37,41)/t21?,22?,31-/m1/s1. The van der Waals surface area contributed by atoms with Gasteiger partial charge in [0, 0.05) is 29.8 Å². The van der Waals surface area contributed by atoms with Crippen LogP contribution in [0.2, 0.25) is 0 Å². The lowest BCUT2D eigenvalue weighted by Gasteiger charge is -2.29. The lowest BCUT2D eigenvalue weighted by atomic mass is 9.84. The summed E-state index contributed by atoms with van der Waals surface area (Å²) in [7, 11) is 0. The minimum atomic E-state index is -1.45. The molecule has 3 aromatic rings. The average Bonchev–Trinajstić information content (AvgIpc) is 3.40. The molecule has 3 aromatic carbocycles. The first-order chi connectivity index (χ1) is 20.4. The van der Waals surface area contributed by atoms with Crippen LogP contribution in [-0.2, 0) is 9.59 Å². The molecule has 4 aliphatic rings. The van der Waals surface area contributed by atoms with E-state index in [1.54, 1.807) is 54.6 Å². The van der Waals surface area contributed by atoms with Gasteiger partial charge >= 0.3 is 0 Å². The van der Waals surface area contributed by atoms with Crippen LogP contribution in [0.5, 0.6) is 0 Å². The maximum Gasteiger partial charge on any atom is 0.272 e. The zero-order valence-electron chi connectivity index (χ0n) is 23.0. The Balaban J connectivity index is 1.39. The van der Waals surface area contributed by atoms with E-state index in [0.717, 1.165) is 25.7 Å². The third kappa shape index (κ3) is 5.40. The van der Waals surface area contributed by atoms with Gasteiger partial charge in [-0.05, 0) is 73.9 Å². The molecule has 0 aromatic heterocycles. The van der Waals surface area contributed by atoms with Gasteiger partial charge in [-0.3, -0.25) is 19.3 Å². The van der Waals surface area contributed by atoms with Gasteiger partial charge in [0.15, 0.2) is 0 Å². The predicted molar refractivity (Wildman–Crippen MR) is 155 cm³/mol. The molecule has 9 heteroatoms. The van der Waals surface area contributed by atoms with Crippen LogP contribution in [0.4, 0.5) is 10.1 Å². The Labute approximate surface area is 243 Å². The van der Waals surface area contributed by atoms with Gasteiger partial charge in [-0.1, -0.05) is 36.4 Å². The zero-order valence-corrected chi connectivity index (χ0v) is 23.0. The number of amides is 3. The van der Waals surface area contributed by atoms with Gasteiger partial charge in [0.1, 0.15) is 12.4 Å². The van der Waals surface area contributed by atoms with Crippen molar-refractivity contribution < 1.29 is 18.8 Å². The summed E-state index contributed by atoms with van der Waals surface area (Å²) in [6, 6.07) is 21.2. The molecule has 8 nitrogen and oxygen atoms in total. The second-order valence-corrected chi connectivity index (χ2v) is 11.2. The second-order valence-electron chi connectivity index (χ2n) is 11.2. The Kier molecular flexibility index (Phi) is 7.53. The molecule has 1 aliphatic carbocycles. The first-order valence-corrected chi connectivity index (χ1v) is 14.2. The molecule has 3 aliphatic heterocycles. The molecule has 0 spiro atoms. The zero-order chi connectivity index (χ0) is 29.2. The number of rotatable bonds is 5. The fraction of sp³-hybridized carbons (Fsp3) is 0.303. The van der Waals surface area contributed by atoms with E-state index in [-0.39, 0.29) is 34.9 Å². The predicted octanol–water partition coefficient (Wildman–Crippen LogP) is 4.29. The van der Waals surface area contributed by atoms with E-state index in [9.17, 15) is 19.6 Å². The molecule has 2 bridgehead atoms. The Morgan fingerprint density at radius 2 is 1.60 bits per heavy atom. The number of benzene rings is 3. The van der Waals surface area contributed by atoms with Crippen LogP contribution < -0.4 is 10.2 Å². The van der Waals surface area contributed by atoms with Crippen molar-refractivity contribution in [1.29, 1.82) is 5.26 Å². The van der Waals surface area contributed by atoms with Crippen molar-refractivity contribution in [2.24, 2.45) is 16.8 Å². The summed E-state index contributed by atoms with van der Waals surface area (Å²) in [6.07, 6.45) is 3.00. The van der Waals surface area contributed by atoms with Crippen molar-refractivity contribution in [3.8, 4) is 6.07 Å². The molecular formula is C33H30FN5O3. The Bertz CT molecular complexity index is 1610. The van der Waals surface area contributed by atoms with Gasteiger partial charge in [-0.2, -0.15) is 5.26 Å². The van der Waals surface area contributed by atoms with Gasteiger partial charge in [-0.15, -0.1) is 0 Å². The number of anilines is 1. The topological polar surface area (TPSA) is 106 Å². The number of benzodiazepines with no additional fused rings is 1. The number of hydrogen-bond acceptors (Lipinski definition) is 5. The molecule has 212 valence electrons. The number of fused-ring (bicyclic) bond motifs is 5. The van der Waals surface area contributed by atoms with E-state index < -0.39 is 23.8 Å². The minimum absolute atomic E-state index is 0.167. The molecule has 42 heavy (non-hydrogen) atoms. The van der Waals surface area contributed by atoms with E-state index in [2.05, 4.69) is 10.3 Å². The number of para-hydroxylation sites is 1. The number of halogens is 1. The summed E-state index contributed by atoms with van der Waals surface area (Å²) < 4.78 is 15.1. The van der Waals surface area contributed by atoms with Crippen LogP contribution >= 0.6 is 0 Å². The highest BCUT2D eigenvalue weighted by molar-refractivity contribution is 6.21. The fourth-order valence-corrected chi connectivity index (χ4v) is 6.23. The van der Waals surface area contributed by atoms with E-state index in [1.165, 1.54) is 23.1 Å². The third-order valence-electron chi connectivity index (χ3n) is 8.43. The molecule has 0 radical (unpaired) electrons. The van der Waals surface area contributed by atoms with Gasteiger partial charge in [-0.25, -0.2) is 9.38 Å². The Hall–Kier alpha value is -4.84. The van der Waals surface area contributed by atoms with Crippen molar-refractivity contribution in [3.63, 3.8) is 0 Å². The van der Waals surface area contributed by atoms with Crippen LogP contribution in [0.25, 0.3) is 0 Å². The van der Waals surface area contributed by atoms with Crippen LogP contribution in [0.1, 0.15) is 52.7 Å². The van der Waals surface area contributed by atoms with Gasteiger partial charge in [0.05, 0.1) is 23.0 Å². The number of nitriles is 1. The normalized spacial score (nSPS) is 21.5. The number of nitrogens with one attached hydrogen (secondary N) is 1. The lowest BCUT2D eigenvalue weighted by molar-refractivity contribution is -0.132. The van der Waals surface area contributed by atoms with Crippen molar-refractivity contribution in [3.05, 3.63) is 101 Å². The van der Waals surface area contributed by atoms with Gasteiger partial charge < -0.3 is 10.2 Å². The quantitative estimate of drug-likeness (QED) is 0.500. The summed E-state index contributed by atoms with van der Waals surface area (Å²) in [5.74, 6) is -1.000. The number of aliphatic imine (C=N–C) groups is 1. The van der Waals surface area contributed by atoms with Gasteiger partial charge in [0.25, 0.3) is 11.8 Å². The monoisotopic (exact) mass is 563 g/mol. The summed E-state index contributed by atoms with van der Waals surface area (Å²) in [4.78, 5) is 49.1. The minimum Gasteiger partial charge on any atom is -0.341 e. The van der Waals surface area contributed by atoms with Gasteiger partial charge in [0.2, 0.25) is 12.1 Å². The maximum atomic E-state index is 15.1. The van der Waals surface area contributed by atoms with E-state index in [4.69, 9.17) is 0 Å². The van der Waals surface area contributed by atoms with E-state index in [1.807, 2.05) is 11.0 Å². The lowest BCUT2D eigenvalue weighted by Crippen LogP contribution is -2.51. The number of carbonyl (C=O) groups excluding carboxylic acids is 3. The van der Waals surface area contributed by atoms with Crippen LogP contribution in [0.15, 0.2) is 77.8 Å².